The van der Waals surface area contributed by atoms with Gasteiger partial charge in [0.2, 0.25) is 4.96 Å². The number of nitrogens with zero attached hydrogens (tertiary/aromatic N) is 3. The van der Waals surface area contributed by atoms with E-state index in [0.717, 1.165) is 11.3 Å². The van der Waals surface area contributed by atoms with Crippen molar-refractivity contribution in [2.75, 3.05) is 12.4 Å². The minimum absolute atomic E-state index is 0.133. The summed E-state index contributed by atoms with van der Waals surface area (Å²) in [6.07, 6.45) is 0. The second-order valence-electron chi connectivity index (χ2n) is 6.01. The fraction of sp³-hybridized carbons (Fsp3) is 0.105. The van der Waals surface area contributed by atoms with Crippen LogP contribution in [0.2, 0.25) is 10.0 Å². The van der Waals surface area contributed by atoms with Crippen molar-refractivity contribution < 1.29 is 9.53 Å². The number of aromatic nitrogens is 3. The van der Waals surface area contributed by atoms with E-state index in [1.54, 1.807) is 10.6 Å². The zero-order valence-electron chi connectivity index (χ0n) is 14.9. The van der Waals surface area contributed by atoms with Gasteiger partial charge in [0.15, 0.2) is 5.75 Å². The van der Waals surface area contributed by atoms with Gasteiger partial charge in [-0.1, -0.05) is 53.0 Å². The summed E-state index contributed by atoms with van der Waals surface area (Å²) in [5.74, 6) is -0.129. The molecule has 0 atom stereocenters. The number of fused-ring (bicyclic) bond motifs is 1. The quantitative estimate of drug-likeness (QED) is 0.472. The lowest BCUT2D eigenvalue weighted by Crippen LogP contribution is -2.15. The third-order valence-corrected chi connectivity index (χ3v) is 5.57. The third-order valence-electron chi connectivity index (χ3n) is 4.14. The number of hydrogen-bond donors (Lipinski definition) is 1. The molecule has 142 valence electrons. The zero-order valence-corrected chi connectivity index (χ0v) is 17.2. The molecule has 0 radical (unpaired) electrons. The van der Waals surface area contributed by atoms with E-state index in [1.165, 1.54) is 30.1 Å². The van der Waals surface area contributed by atoms with Crippen LogP contribution in [-0.4, -0.2) is 27.6 Å². The Labute approximate surface area is 174 Å². The van der Waals surface area contributed by atoms with Crippen LogP contribution in [0, 0.1) is 6.92 Å². The molecule has 0 saturated heterocycles. The highest BCUT2D eigenvalue weighted by molar-refractivity contribution is 7.15. The number of thiazole rings is 1. The predicted molar refractivity (Wildman–Crippen MR) is 112 cm³/mol. The van der Waals surface area contributed by atoms with Crippen LogP contribution >= 0.6 is 34.5 Å². The van der Waals surface area contributed by atoms with Crippen molar-refractivity contribution in [2.24, 2.45) is 0 Å². The Morgan fingerprint density at radius 2 is 1.86 bits per heavy atom. The monoisotopic (exact) mass is 432 g/mol. The number of carbonyl (C=O) groups is 1. The Morgan fingerprint density at radius 1 is 1.14 bits per heavy atom. The number of benzene rings is 2. The van der Waals surface area contributed by atoms with E-state index in [1.807, 2.05) is 36.6 Å². The lowest BCUT2D eigenvalue weighted by molar-refractivity contribution is 0.102. The standard InChI is InChI=1S/C19H14Cl2N4O2S/c1-10-3-5-11(6-4-10)14-9-28-19-23-18(24-25(14)19)22-17(26)15-12(20)7-8-13(21)16(15)27-2/h3-9H,1-2H3,(H,22,24,26). The molecule has 0 aliphatic heterocycles. The van der Waals surface area contributed by atoms with E-state index in [9.17, 15) is 4.79 Å². The molecule has 0 unspecified atom stereocenters. The van der Waals surface area contributed by atoms with Crippen LogP contribution in [0.3, 0.4) is 0 Å². The smallest absolute Gasteiger partial charge is 0.263 e. The van der Waals surface area contributed by atoms with E-state index in [-0.39, 0.29) is 27.3 Å². The van der Waals surface area contributed by atoms with Crippen molar-refractivity contribution in [1.29, 1.82) is 0 Å². The molecule has 0 bridgehead atoms. The highest BCUT2D eigenvalue weighted by atomic mass is 35.5. The summed E-state index contributed by atoms with van der Waals surface area (Å²) < 4.78 is 6.92. The topological polar surface area (TPSA) is 68.5 Å². The Balaban J connectivity index is 1.67. The van der Waals surface area contributed by atoms with Crippen molar-refractivity contribution >= 4 is 51.4 Å². The first kappa shape index (κ1) is 18.7. The van der Waals surface area contributed by atoms with Gasteiger partial charge in [-0.25, -0.2) is 4.52 Å². The second kappa shape index (κ2) is 7.43. The lowest BCUT2D eigenvalue weighted by Gasteiger charge is -2.10. The summed E-state index contributed by atoms with van der Waals surface area (Å²) in [4.78, 5) is 17.8. The number of aryl methyl sites for hydroxylation is 1. The molecule has 2 heterocycles. The third kappa shape index (κ3) is 3.32. The number of halogens is 2. The van der Waals surface area contributed by atoms with Gasteiger partial charge in [-0.2, -0.15) is 4.98 Å². The van der Waals surface area contributed by atoms with Gasteiger partial charge in [-0.05, 0) is 19.1 Å². The fourth-order valence-electron chi connectivity index (χ4n) is 2.77. The molecule has 9 heteroatoms. The second-order valence-corrected chi connectivity index (χ2v) is 7.66. The zero-order chi connectivity index (χ0) is 19.8. The van der Waals surface area contributed by atoms with Crippen LogP contribution in [0.15, 0.2) is 41.8 Å². The number of nitrogens with one attached hydrogen (secondary N) is 1. The Bertz CT molecular complexity index is 1180. The van der Waals surface area contributed by atoms with Gasteiger partial charge >= 0.3 is 0 Å². The average molecular weight is 433 g/mol. The first-order chi connectivity index (χ1) is 13.5. The van der Waals surface area contributed by atoms with Gasteiger partial charge in [0.25, 0.3) is 11.9 Å². The van der Waals surface area contributed by atoms with Gasteiger partial charge in [-0.3, -0.25) is 10.1 Å². The average Bonchev–Trinajstić information content (AvgIpc) is 3.24. The van der Waals surface area contributed by atoms with Crippen LogP contribution in [0.5, 0.6) is 5.75 Å². The van der Waals surface area contributed by atoms with E-state index in [4.69, 9.17) is 27.9 Å². The summed E-state index contributed by atoms with van der Waals surface area (Å²) in [6.45, 7) is 2.03. The van der Waals surface area contributed by atoms with Crippen molar-refractivity contribution in [1.82, 2.24) is 14.6 Å². The summed E-state index contributed by atoms with van der Waals surface area (Å²) >= 11 is 13.7. The summed E-state index contributed by atoms with van der Waals surface area (Å²) in [7, 11) is 1.42. The first-order valence-electron chi connectivity index (χ1n) is 8.22. The van der Waals surface area contributed by atoms with Gasteiger partial charge in [0.05, 0.1) is 22.8 Å². The Hall–Kier alpha value is -2.61. The van der Waals surface area contributed by atoms with E-state index in [2.05, 4.69) is 15.4 Å². The first-order valence-corrected chi connectivity index (χ1v) is 9.86. The summed E-state index contributed by atoms with van der Waals surface area (Å²) in [6, 6.07) is 11.2. The molecule has 0 aliphatic rings. The number of anilines is 1. The van der Waals surface area contributed by atoms with Crippen LogP contribution < -0.4 is 10.1 Å². The van der Waals surface area contributed by atoms with Crippen LogP contribution in [0.1, 0.15) is 15.9 Å². The van der Waals surface area contributed by atoms with E-state index < -0.39 is 5.91 Å². The van der Waals surface area contributed by atoms with Crippen LogP contribution in [0.25, 0.3) is 16.2 Å². The molecule has 1 amide bonds. The molecule has 1 N–H and O–H groups in total. The van der Waals surface area contributed by atoms with Crippen molar-refractivity contribution in [3.63, 3.8) is 0 Å². The van der Waals surface area contributed by atoms with E-state index in [0.29, 0.717) is 4.96 Å². The number of rotatable bonds is 4. The van der Waals surface area contributed by atoms with Gasteiger partial charge in [0.1, 0.15) is 5.56 Å². The SMILES string of the molecule is COc1c(Cl)ccc(Cl)c1C(=O)Nc1nc2scc(-c3ccc(C)cc3)n2n1. The molecule has 0 fully saturated rings. The highest BCUT2D eigenvalue weighted by Crippen LogP contribution is 2.34. The molecule has 4 rings (SSSR count). The number of amides is 1. The van der Waals surface area contributed by atoms with E-state index >= 15 is 0 Å². The molecular weight excluding hydrogens is 419 g/mol. The van der Waals surface area contributed by atoms with Crippen LogP contribution in [0.4, 0.5) is 5.95 Å². The molecule has 4 aromatic rings. The fourth-order valence-corrected chi connectivity index (χ4v) is 4.07. The highest BCUT2D eigenvalue weighted by Gasteiger charge is 2.21. The maximum atomic E-state index is 12.7. The van der Waals surface area contributed by atoms with Crippen molar-refractivity contribution in [3.05, 3.63) is 63.0 Å². The summed E-state index contributed by atoms with van der Waals surface area (Å²) in [5, 5.41) is 9.56. The van der Waals surface area contributed by atoms with Gasteiger partial charge < -0.3 is 4.74 Å². The maximum absolute atomic E-state index is 12.7. The maximum Gasteiger partial charge on any atom is 0.263 e. The molecule has 2 aromatic carbocycles. The predicted octanol–water partition coefficient (Wildman–Crippen LogP) is 5.33. The number of methoxy groups -OCH3 is 1. The molecule has 0 saturated carbocycles. The molecule has 2 aromatic heterocycles. The molecule has 28 heavy (non-hydrogen) atoms. The van der Waals surface area contributed by atoms with Crippen molar-refractivity contribution in [2.45, 2.75) is 6.92 Å². The normalized spacial score (nSPS) is 11.0. The number of hydrogen-bond acceptors (Lipinski definition) is 5. The molecule has 0 aliphatic carbocycles. The van der Waals surface area contributed by atoms with Crippen molar-refractivity contribution in [3.8, 4) is 17.0 Å². The molecule has 0 spiro atoms. The Kier molecular flexibility index (Phi) is 4.97. The lowest BCUT2D eigenvalue weighted by atomic mass is 10.1. The minimum atomic E-state index is -0.500. The largest absolute Gasteiger partial charge is 0.494 e. The summed E-state index contributed by atoms with van der Waals surface area (Å²) in [5.41, 5.74) is 3.22. The molecule has 6 nitrogen and oxygen atoms in total. The number of ether oxygens (including phenoxy) is 1. The van der Waals surface area contributed by atoms with Gasteiger partial charge in [0, 0.05) is 10.9 Å². The van der Waals surface area contributed by atoms with Crippen LogP contribution in [-0.2, 0) is 0 Å². The van der Waals surface area contributed by atoms with Gasteiger partial charge in [-0.15, -0.1) is 16.4 Å². The number of carbonyl (C=O) groups excluding carboxylic acids is 1. The molecular formula is C19H14Cl2N4O2S. The Morgan fingerprint density at radius 3 is 2.57 bits per heavy atom. The minimum Gasteiger partial charge on any atom is -0.494 e.